The molecular formula is C30H39N6O12P. The average Bonchev–Trinajstić information content (AvgIpc) is 3.57. The van der Waals surface area contributed by atoms with Gasteiger partial charge in [0.2, 0.25) is 19.5 Å². The summed E-state index contributed by atoms with van der Waals surface area (Å²) in [7, 11) is -2.82. The number of ether oxygens (including phenoxy) is 3. The van der Waals surface area contributed by atoms with Crippen LogP contribution in [0.3, 0.4) is 0 Å². The summed E-state index contributed by atoms with van der Waals surface area (Å²) in [5.74, 6) is -2.36. The summed E-state index contributed by atoms with van der Waals surface area (Å²) in [6.07, 6.45) is -1.22. The van der Waals surface area contributed by atoms with Crippen LogP contribution in [0.15, 0.2) is 36.4 Å². The van der Waals surface area contributed by atoms with Crippen LogP contribution >= 0.6 is 7.60 Å². The smallest absolute Gasteiger partial charge is 0.407 e. The molecule has 2 aromatic rings. The minimum absolute atomic E-state index is 0.000682. The second-order valence-electron chi connectivity index (χ2n) is 11.1. The van der Waals surface area contributed by atoms with E-state index in [0.717, 1.165) is 25.2 Å². The monoisotopic (exact) mass is 706 g/mol. The van der Waals surface area contributed by atoms with Crippen LogP contribution < -0.4 is 10.2 Å². The quantitative estimate of drug-likeness (QED) is 0.162. The summed E-state index contributed by atoms with van der Waals surface area (Å²) in [5.41, 5.74) is 0.529. The van der Waals surface area contributed by atoms with Gasteiger partial charge >= 0.3 is 25.6 Å². The third kappa shape index (κ3) is 10.7. The fourth-order valence-electron chi connectivity index (χ4n) is 5.06. The molecule has 2 fully saturated rings. The number of piperazine rings is 1. The highest BCUT2D eigenvalue weighted by molar-refractivity contribution is 7.54. The van der Waals surface area contributed by atoms with Gasteiger partial charge in [-0.25, -0.2) is 14.8 Å². The van der Waals surface area contributed by atoms with Crippen molar-refractivity contribution in [1.82, 2.24) is 25.1 Å². The van der Waals surface area contributed by atoms with E-state index >= 15 is 0 Å². The third-order valence-corrected chi connectivity index (χ3v) is 9.48. The number of hydrogen-bond donors (Lipinski definition) is 2. The van der Waals surface area contributed by atoms with Crippen molar-refractivity contribution in [2.75, 3.05) is 71.0 Å². The van der Waals surface area contributed by atoms with Gasteiger partial charge in [-0.05, 0) is 6.42 Å². The molecule has 0 unspecified atom stereocenters. The van der Waals surface area contributed by atoms with E-state index in [-0.39, 0.29) is 43.8 Å². The van der Waals surface area contributed by atoms with Crippen LogP contribution in [0, 0.1) is 0 Å². The van der Waals surface area contributed by atoms with E-state index in [9.17, 15) is 33.6 Å². The molecule has 0 spiro atoms. The van der Waals surface area contributed by atoms with Gasteiger partial charge < -0.3 is 39.3 Å². The molecule has 2 N–H and O–H groups in total. The minimum atomic E-state index is -4.44. The molecule has 3 amide bonds. The lowest BCUT2D eigenvalue weighted by molar-refractivity contribution is -0.149. The highest BCUT2D eigenvalue weighted by atomic mass is 31.2. The lowest BCUT2D eigenvalue weighted by Gasteiger charge is -2.35. The molecule has 1 aromatic heterocycles. The zero-order chi connectivity index (χ0) is 35.6. The van der Waals surface area contributed by atoms with Gasteiger partial charge in [-0.15, -0.1) is 0 Å². The van der Waals surface area contributed by atoms with Gasteiger partial charge in [0.15, 0.2) is 5.82 Å². The first kappa shape index (κ1) is 37.2. The predicted octanol–water partition coefficient (Wildman–Crippen LogP) is 1.56. The first-order valence-corrected chi connectivity index (χ1v) is 17.0. The average molecular weight is 707 g/mol. The summed E-state index contributed by atoms with van der Waals surface area (Å²) in [6, 6.07) is 8.87. The SMILES string of the molecule is CO[C@H]1CCN(c2cc(C(=O)N[C@@H](CP(=O)(OCOC(C)=O)OCOC(C)=O)C(=O)N3CCN(C(=O)O)CC3)nc(-c3ccccc3)n2)C1. The Kier molecular flexibility index (Phi) is 13.0. The molecular weight excluding hydrogens is 667 g/mol. The standard InChI is InChI=1S/C30H39N6O12P/c1-20(37)45-18-47-49(43,48-19-46-21(2)38)17-25(29(40)34-11-13-35(14-12-34)30(41)42)32-28(39)24-15-26(36-10-9-23(16-36)44-3)33-27(31-24)22-7-5-4-6-8-22/h4-8,15,23,25H,9-14,16-19H2,1-3H3,(H,32,39)(H,41,42)/t23-,25-/m0/s1. The number of esters is 2. The molecule has 266 valence electrons. The van der Waals surface area contributed by atoms with E-state index in [2.05, 4.69) is 15.3 Å². The highest BCUT2D eigenvalue weighted by Gasteiger charge is 2.38. The summed E-state index contributed by atoms with van der Waals surface area (Å²) in [4.78, 5) is 75.5. The zero-order valence-electron chi connectivity index (χ0n) is 27.3. The number of carbonyl (C=O) groups excluding carboxylic acids is 4. The summed E-state index contributed by atoms with van der Waals surface area (Å²) in [6.45, 7) is 1.62. The molecule has 0 radical (unpaired) electrons. The van der Waals surface area contributed by atoms with Crippen LogP contribution in [-0.2, 0) is 42.2 Å². The number of anilines is 1. The second kappa shape index (κ2) is 17.1. The van der Waals surface area contributed by atoms with Gasteiger partial charge in [-0.1, -0.05) is 30.3 Å². The van der Waals surface area contributed by atoms with Crippen molar-refractivity contribution in [3.8, 4) is 11.4 Å². The van der Waals surface area contributed by atoms with Crippen LogP contribution in [0.5, 0.6) is 0 Å². The first-order valence-electron chi connectivity index (χ1n) is 15.3. The Labute approximate surface area is 282 Å². The number of aromatic nitrogens is 2. The molecule has 3 heterocycles. The van der Waals surface area contributed by atoms with Crippen LogP contribution in [-0.4, -0.2) is 133 Å². The number of amides is 3. The normalized spacial score (nSPS) is 17.0. The molecule has 0 bridgehead atoms. The molecule has 2 aliphatic rings. The van der Waals surface area contributed by atoms with Gasteiger partial charge in [-0.3, -0.25) is 32.8 Å². The molecule has 2 saturated heterocycles. The van der Waals surface area contributed by atoms with Crippen LogP contribution in [0.4, 0.5) is 10.6 Å². The van der Waals surface area contributed by atoms with Crippen LogP contribution in [0.2, 0.25) is 0 Å². The maximum absolute atomic E-state index is 13.9. The van der Waals surface area contributed by atoms with Gasteiger partial charge in [-0.2, -0.15) is 0 Å². The summed E-state index contributed by atoms with van der Waals surface area (Å²) in [5, 5.41) is 11.9. The van der Waals surface area contributed by atoms with Crippen LogP contribution in [0.25, 0.3) is 11.4 Å². The van der Waals surface area contributed by atoms with Crippen molar-refractivity contribution >= 4 is 43.3 Å². The number of carbonyl (C=O) groups is 5. The number of benzene rings is 1. The summed E-state index contributed by atoms with van der Waals surface area (Å²) >= 11 is 0. The number of nitrogens with one attached hydrogen (secondary N) is 1. The van der Waals surface area contributed by atoms with Gasteiger partial charge in [0, 0.05) is 71.9 Å². The van der Waals surface area contributed by atoms with E-state index in [1.54, 1.807) is 31.4 Å². The predicted molar refractivity (Wildman–Crippen MR) is 170 cm³/mol. The van der Waals surface area contributed by atoms with Crippen molar-refractivity contribution in [2.45, 2.75) is 32.4 Å². The van der Waals surface area contributed by atoms with Gasteiger partial charge in [0.25, 0.3) is 5.91 Å². The molecule has 1 aromatic carbocycles. The van der Waals surface area contributed by atoms with Crippen molar-refractivity contribution in [3.05, 3.63) is 42.1 Å². The zero-order valence-corrected chi connectivity index (χ0v) is 28.2. The lowest BCUT2D eigenvalue weighted by Crippen LogP contribution is -2.56. The topological polar surface area (TPSA) is 216 Å². The fourth-order valence-corrected chi connectivity index (χ4v) is 6.47. The van der Waals surface area contributed by atoms with E-state index in [0.29, 0.717) is 24.5 Å². The number of nitrogens with zero attached hydrogens (tertiary/aromatic N) is 5. The van der Waals surface area contributed by atoms with Crippen molar-refractivity contribution < 1.29 is 56.9 Å². The van der Waals surface area contributed by atoms with Crippen molar-refractivity contribution in [3.63, 3.8) is 0 Å². The Bertz CT molecular complexity index is 1530. The third-order valence-electron chi connectivity index (χ3n) is 7.67. The second-order valence-corrected chi connectivity index (χ2v) is 13.2. The molecule has 4 rings (SSSR count). The van der Waals surface area contributed by atoms with Crippen molar-refractivity contribution in [2.24, 2.45) is 0 Å². The fraction of sp³-hybridized carbons (Fsp3) is 0.500. The Morgan fingerprint density at radius 2 is 1.55 bits per heavy atom. The van der Waals surface area contributed by atoms with Crippen molar-refractivity contribution in [1.29, 1.82) is 0 Å². The van der Waals surface area contributed by atoms with E-state index in [4.69, 9.17) is 23.3 Å². The Morgan fingerprint density at radius 1 is 0.939 bits per heavy atom. The number of methoxy groups -OCH3 is 1. The molecule has 0 saturated carbocycles. The Hall–Kier alpha value is -4.64. The Balaban J connectivity index is 1.66. The lowest BCUT2D eigenvalue weighted by atomic mass is 10.2. The number of hydrogen-bond acceptors (Lipinski definition) is 14. The molecule has 2 atom stereocenters. The highest BCUT2D eigenvalue weighted by Crippen LogP contribution is 2.49. The maximum Gasteiger partial charge on any atom is 0.407 e. The summed E-state index contributed by atoms with van der Waals surface area (Å²) < 4.78 is 39.4. The molecule has 49 heavy (non-hydrogen) atoms. The Morgan fingerprint density at radius 3 is 2.10 bits per heavy atom. The van der Waals surface area contributed by atoms with Gasteiger partial charge in [0.05, 0.1) is 12.3 Å². The molecule has 18 nitrogen and oxygen atoms in total. The molecule has 0 aliphatic carbocycles. The van der Waals surface area contributed by atoms with E-state index in [1.807, 2.05) is 11.0 Å². The van der Waals surface area contributed by atoms with E-state index in [1.165, 1.54) is 11.0 Å². The number of carboxylic acid groups (broad SMARTS) is 1. The maximum atomic E-state index is 13.9. The molecule has 2 aliphatic heterocycles. The van der Waals surface area contributed by atoms with E-state index < -0.39 is 63.2 Å². The molecule has 19 heteroatoms. The largest absolute Gasteiger partial charge is 0.465 e. The van der Waals surface area contributed by atoms with Gasteiger partial charge in [0.1, 0.15) is 17.6 Å². The van der Waals surface area contributed by atoms with Crippen LogP contribution in [0.1, 0.15) is 30.8 Å². The minimum Gasteiger partial charge on any atom is -0.465 e. The number of rotatable bonds is 14. The first-order chi connectivity index (χ1) is 23.4.